The first-order valence-electron chi connectivity index (χ1n) is 5.41. The Labute approximate surface area is 99.4 Å². The summed E-state index contributed by atoms with van der Waals surface area (Å²) in [5.74, 6) is -0.274. The van der Waals surface area contributed by atoms with Gasteiger partial charge in [-0.15, -0.1) is 0 Å². The van der Waals surface area contributed by atoms with Crippen molar-refractivity contribution in [3.63, 3.8) is 0 Å². The zero-order chi connectivity index (χ0) is 11.6. The van der Waals surface area contributed by atoms with Gasteiger partial charge < -0.3 is 10.4 Å². The average molecular weight is 244 g/mol. The summed E-state index contributed by atoms with van der Waals surface area (Å²) >= 11 is 5.94. The highest BCUT2D eigenvalue weighted by molar-refractivity contribution is 6.31. The second-order valence-corrected chi connectivity index (χ2v) is 4.90. The van der Waals surface area contributed by atoms with Crippen molar-refractivity contribution >= 4 is 11.6 Å². The summed E-state index contributed by atoms with van der Waals surface area (Å²) in [4.78, 5) is 0. The maximum atomic E-state index is 13.0. The Morgan fingerprint density at radius 2 is 2.19 bits per heavy atom. The van der Waals surface area contributed by atoms with E-state index in [-0.39, 0.29) is 17.8 Å². The van der Waals surface area contributed by atoms with Crippen molar-refractivity contribution in [1.82, 2.24) is 5.32 Å². The lowest BCUT2D eigenvalue weighted by atomic mass is 10.1. The summed E-state index contributed by atoms with van der Waals surface area (Å²) in [6.45, 7) is 1.52. The molecule has 0 amide bonds. The van der Waals surface area contributed by atoms with E-state index in [1.165, 1.54) is 12.1 Å². The van der Waals surface area contributed by atoms with Gasteiger partial charge in [-0.25, -0.2) is 4.39 Å². The van der Waals surface area contributed by atoms with Gasteiger partial charge in [0.1, 0.15) is 5.82 Å². The fraction of sp³-hybridized carbons (Fsp3) is 0.500. The van der Waals surface area contributed by atoms with E-state index >= 15 is 0 Å². The SMILES string of the molecule is OCC1(CNCc2cc(F)ccc2Cl)CC1. The molecule has 1 saturated carbocycles. The second-order valence-electron chi connectivity index (χ2n) is 4.50. The smallest absolute Gasteiger partial charge is 0.123 e. The van der Waals surface area contributed by atoms with E-state index in [4.69, 9.17) is 16.7 Å². The lowest BCUT2D eigenvalue weighted by Crippen LogP contribution is -2.26. The first kappa shape index (κ1) is 11.8. The minimum absolute atomic E-state index is 0.0692. The van der Waals surface area contributed by atoms with Crippen molar-refractivity contribution in [3.8, 4) is 0 Å². The summed E-state index contributed by atoms with van der Waals surface area (Å²) in [5.41, 5.74) is 0.829. The summed E-state index contributed by atoms with van der Waals surface area (Å²) in [6, 6.07) is 4.35. The lowest BCUT2D eigenvalue weighted by molar-refractivity contribution is 0.207. The molecule has 1 aromatic rings. The van der Waals surface area contributed by atoms with Crippen LogP contribution in [-0.2, 0) is 6.54 Å². The third-order valence-electron chi connectivity index (χ3n) is 3.12. The minimum Gasteiger partial charge on any atom is -0.396 e. The van der Waals surface area contributed by atoms with Gasteiger partial charge in [-0.3, -0.25) is 0 Å². The molecule has 88 valence electrons. The predicted molar refractivity (Wildman–Crippen MR) is 61.9 cm³/mol. The Kier molecular flexibility index (Phi) is 3.47. The summed E-state index contributed by atoms with van der Waals surface area (Å²) in [5, 5.41) is 12.9. The molecule has 0 radical (unpaired) electrons. The summed E-state index contributed by atoms with van der Waals surface area (Å²) in [7, 11) is 0. The van der Waals surface area contributed by atoms with Crippen molar-refractivity contribution in [2.75, 3.05) is 13.2 Å². The molecule has 2 N–H and O–H groups in total. The van der Waals surface area contributed by atoms with E-state index in [1.807, 2.05) is 0 Å². The molecular weight excluding hydrogens is 229 g/mol. The largest absolute Gasteiger partial charge is 0.396 e. The highest BCUT2D eigenvalue weighted by Gasteiger charge is 2.41. The number of benzene rings is 1. The fourth-order valence-corrected chi connectivity index (χ4v) is 1.89. The number of hydrogen-bond donors (Lipinski definition) is 2. The molecule has 1 aromatic carbocycles. The van der Waals surface area contributed by atoms with E-state index in [0.29, 0.717) is 11.6 Å². The first-order valence-corrected chi connectivity index (χ1v) is 5.79. The van der Waals surface area contributed by atoms with Gasteiger partial charge in [0.2, 0.25) is 0 Å². The van der Waals surface area contributed by atoms with Crippen LogP contribution in [0.5, 0.6) is 0 Å². The van der Waals surface area contributed by atoms with Gasteiger partial charge in [0.15, 0.2) is 0 Å². The van der Waals surface area contributed by atoms with Crippen LogP contribution >= 0.6 is 11.6 Å². The highest BCUT2D eigenvalue weighted by atomic mass is 35.5. The monoisotopic (exact) mass is 243 g/mol. The Bertz CT molecular complexity index is 379. The van der Waals surface area contributed by atoms with Crippen LogP contribution in [0.4, 0.5) is 4.39 Å². The molecule has 1 fully saturated rings. The number of nitrogens with one attached hydrogen (secondary N) is 1. The van der Waals surface area contributed by atoms with Crippen molar-refractivity contribution in [1.29, 1.82) is 0 Å². The van der Waals surface area contributed by atoms with E-state index in [1.54, 1.807) is 6.07 Å². The maximum absolute atomic E-state index is 13.0. The molecule has 2 rings (SSSR count). The zero-order valence-electron chi connectivity index (χ0n) is 8.97. The van der Waals surface area contributed by atoms with E-state index < -0.39 is 0 Å². The molecule has 4 heteroatoms. The Hall–Kier alpha value is -0.640. The van der Waals surface area contributed by atoms with Gasteiger partial charge in [0.05, 0.1) is 0 Å². The molecule has 0 unspecified atom stereocenters. The number of hydrogen-bond acceptors (Lipinski definition) is 2. The van der Waals surface area contributed by atoms with Crippen molar-refractivity contribution in [2.24, 2.45) is 5.41 Å². The minimum atomic E-state index is -0.274. The normalized spacial score (nSPS) is 17.4. The predicted octanol–water partition coefficient (Wildman–Crippen LogP) is 2.34. The number of aliphatic hydroxyl groups is 1. The number of aliphatic hydroxyl groups excluding tert-OH is 1. The molecule has 0 heterocycles. The molecule has 0 aromatic heterocycles. The van der Waals surface area contributed by atoms with Crippen molar-refractivity contribution in [3.05, 3.63) is 34.6 Å². The van der Waals surface area contributed by atoms with Gasteiger partial charge in [-0.05, 0) is 36.6 Å². The topological polar surface area (TPSA) is 32.3 Å². The first-order chi connectivity index (χ1) is 7.65. The van der Waals surface area contributed by atoms with Crippen molar-refractivity contribution in [2.45, 2.75) is 19.4 Å². The van der Waals surface area contributed by atoms with E-state index in [0.717, 1.165) is 24.9 Å². The van der Waals surface area contributed by atoms with Crippen LogP contribution in [0.15, 0.2) is 18.2 Å². The standard InChI is InChI=1S/C12H15ClFNO/c13-11-2-1-10(14)5-9(11)6-15-7-12(8-16)3-4-12/h1-2,5,15-16H,3-4,6-8H2. The van der Waals surface area contributed by atoms with Crippen LogP contribution in [-0.4, -0.2) is 18.3 Å². The van der Waals surface area contributed by atoms with Crippen LogP contribution in [0.3, 0.4) is 0 Å². The third-order valence-corrected chi connectivity index (χ3v) is 3.48. The third kappa shape index (κ3) is 2.73. The summed E-state index contributed by atoms with van der Waals surface area (Å²) in [6.07, 6.45) is 2.13. The molecule has 0 bridgehead atoms. The Morgan fingerprint density at radius 1 is 1.44 bits per heavy atom. The molecule has 0 saturated heterocycles. The Morgan fingerprint density at radius 3 is 2.81 bits per heavy atom. The van der Waals surface area contributed by atoms with Gasteiger partial charge in [-0.2, -0.15) is 0 Å². The quantitative estimate of drug-likeness (QED) is 0.832. The number of halogens is 2. The van der Waals surface area contributed by atoms with Crippen LogP contribution in [0, 0.1) is 11.2 Å². The van der Waals surface area contributed by atoms with Crippen LogP contribution in [0.25, 0.3) is 0 Å². The van der Waals surface area contributed by atoms with Gasteiger partial charge in [0, 0.05) is 30.1 Å². The summed E-state index contributed by atoms with van der Waals surface area (Å²) < 4.78 is 13.0. The molecule has 0 aliphatic heterocycles. The molecular formula is C12H15ClFNO. The molecule has 1 aliphatic carbocycles. The van der Waals surface area contributed by atoms with Crippen LogP contribution in [0.1, 0.15) is 18.4 Å². The van der Waals surface area contributed by atoms with E-state index in [9.17, 15) is 4.39 Å². The second kappa shape index (κ2) is 4.70. The fourth-order valence-electron chi connectivity index (χ4n) is 1.71. The molecule has 2 nitrogen and oxygen atoms in total. The van der Waals surface area contributed by atoms with Crippen molar-refractivity contribution < 1.29 is 9.50 Å². The van der Waals surface area contributed by atoms with Crippen LogP contribution in [0.2, 0.25) is 5.02 Å². The van der Waals surface area contributed by atoms with E-state index in [2.05, 4.69) is 5.32 Å². The highest BCUT2D eigenvalue weighted by Crippen LogP contribution is 2.44. The molecule has 0 atom stereocenters. The Balaban J connectivity index is 1.87. The van der Waals surface area contributed by atoms with Gasteiger partial charge in [0.25, 0.3) is 0 Å². The molecule has 16 heavy (non-hydrogen) atoms. The maximum Gasteiger partial charge on any atom is 0.123 e. The molecule has 0 spiro atoms. The zero-order valence-corrected chi connectivity index (χ0v) is 9.73. The van der Waals surface area contributed by atoms with Gasteiger partial charge >= 0.3 is 0 Å². The number of rotatable bonds is 5. The molecule has 1 aliphatic rings. The van der Waals surface area contributed by atoms with Gasteiger partial charge in [-0.1, -0.05) is 11.6 Å². The average Bonchev–Trinajstić information content (AvgIpc) is 3.04. The lowest BCUT2D eigenvalue weighted by Gasteiger charge is -2.13. The van der Waals surface area contributed by atoms with Crippen LogP contribution < -0.4 is 5.32 Å².